The summed E-state index contributed by atoms with van der Waals surface area (Å²) in [6, 6.07) is 6.73. The number of nitrogens with zero attached hydrogens (tertiary/aromatic N) is 5. The number of anilines is 2. The van der Waals surface area contributed by atoms with Crippen LogP contribution in [0.25, 0.3) is 0 Å². The average molecular weight is 485 g/mol. The van der Waals surface area contributed by atoms with Crippen LogP contribution >= 0.6 is 11.8 Å². The third kappa shape index (κ3) is 4.11. The van der Waals surface area contributed by atoms with Crippen LogP contribution in [0, 0.1) is 23.4 Å². The Morgan fingerprint density at radius 1 is 1.09 bits per heavy atom. The second-order valence-electron chi connectivity index (χ2n) is 8.16. The summed E-state index contributed by atoms with van der Waals surface area (Å²) in [7, 11) is 0. The maximum Gasteiger partial charge on any atom is 0.274 e. The van der Waals surface area contributed by atoms with E-state index in [9.17, 15) is 13.6 Å². The minimum Gasteiger partial charge on any atom is -0.338 e. The average Bonchev–Trinajstić information content (AvgIpc) is 3.20. The number of hydrogen-bond donors (Lipinski definition) is 1. The van der Waals surface area contributed by atoms with Gasteiger partial charge in [-0.15, -0.1) is 11.8 Å². The fourth-order valence-corrected chi connectivity index (χ4v) is 5.43. The SMILES string of the molecule is CC1=N[C@@]2(c3cc(NC(=O)c4ccc(F)cn4)ccc3F)CN(c3ncc(F)cn3)C[C@H]2CS1. The first-order valence-electron chi connectivity index (χ1n) is 10.5. The summed E-state index contributed by atoms with van der Waals surface area (Å²) >= 11 is 1.60. The number of carbonyl (C=O) groups is 1. The number of rotatable bonds is 4. The normalized spacial score (nSPS) is 21.7. The van der Waals surface area contributed by atoms with Gasteiger partial charge in [0.2, 0.25) is 5.95 Å². The summed E-state index contributed by atoms with van der Waals surface area (Å²) in [5, 5.41) is 3.52. The molecule has 0 unspecified atom stereocenters. The zero-order chi connectivity index (χ0) is 23.9. The first kappa shape index (κ1) is 22.3. The van der Waals surface area contributed by atoms with E-state index in [1.54, 1.807) is 17.8 Å². The molecule has 1 N–H and O–H groups in total. The van der Waals surface area contributed by atoms with E-state index in [1.807, 2.05) is 11.8 Å². The minimum absolute atomic E-state index is 0.0340. The van der Waals surface area contributed by atoms with Gasteiger partial charge in [0.15, 0.2) is 5.82 Å². The maximum absolute atomic E-state index is 15.3. The summed E-state index contributed by atoms with van der Waals surface area (Å²) in [4.78, 5) is 31.3. The second-order valence-corrected chi connectivity index (χ2v) is 9.37. The molecule has 1 saturated heterocycles. The number of hydrogen-bond acceptors (Lipinski definition) is 7. The van der Waals surface area contributed by atoms with Gasteiger partial charge in [-0.1, -0.05) is 0 Å². The van der Waals surface area contributed by atoms with Crippen LogP contribution in [0.1, 0.15) is 23.0 Å². The van der Waals surface area contributed by atoms with Crippen LogP contribution < -0.4 is 10.2 Å². The Morgan fingerprint density at radius 3 is 2.59 bits per heavy atom. The Labute approximate surface area is 197 Å². The van der Waals surface area contributed by atoms with Crippen molar-refractivity contribution in [3.05, 3.63) is 77.6 Å². The third-order valence-electron chi connectivity index (χ3n) is 5.94. The Morgan fingerprint density at radius 2 is 1.85 bits per heavy atom. The largest absolute Gasteiger partial charge is 0.338 e. The molecule has 11 heteroatoms. The van der Waals surface area contributed by atoms with E-state index in [0.29, 0.717) is 36.0 Å². The molecule has 1 amide bonds. The topological polar surface area (TPSA) is 83.4 Å². The number of amides is 1. The third-order valence-corrected chi connectivity index (χ3v) is 7.02. The predicted octanol–water partition coefficient (Wildman–Crippen LogP) is 4.04. The van der Waals surface area contributed by atoms with Gasteiger partial charge in [0.25, 0.3) is 5.91 Å². The van der Waals surface area contributed by atoms with Crippen molar-refractivity contribution >= 4 is 34.3 Å². The minimum atomic E-state index is -0.925. The monoisotopic (exact) mass is 484 g/mol. The highest BCUT2D eigenvalue weighted by atomic mass is 32.2. The first-order valence-corrected chi connectivity index (χ1v) is 11.5. The van der Waals surface area contributed by atoms with E-state index in [0.717, 1.165) is 29.7 Å². The molecule has 34 heavy (non-hydrogen) atoms. The maximum atomic E-state index is 15.3. The molecule has 0 radical (unpaired) electrons. The van der Waals surface area contributed by atoms with Crippen molar-refractivity contribution in [3.63, 3.8) is 0 Å². The molecule has 5 rings (SSSR count). The number of fused-ring (bicyclic) bond motifs is 1. The van der Waals surface area contributed by atoms with Crippen LogP contribution in [0.3, 0.4) is 0 Å². The fourth-order valence-electron chi connectivity index (χ4n) is 4.38. The van der Waals surface area contributed by atoms with Crippen LogP contribution in [0.4, 0.5) is 24.8 Å². The molecule has 2 atom stereocenters. The Bertz CT molecular complexity index is 1270. The van der Waals surface area contributed by atoms with Crippen LogP contribution in [-0.2, 0) is 5.54 Å². The number of halogens is 3. The van der Waals surface area contributed by atoms with Crippen LogP contribution in [-0.4, -0.2) is 44.7 Å². The molecular formula is C23H19F3N6OS. The molecule has 3 aromatic rings. The number of pyridine rings is 1. The summed E-state index contributed by atoms with van der Waals surface area (Å²) in [6.45, 7) is 2.70. The lowest BCUT2D eigenvalue weighted by molar-refractivity contribution is 0.102. The molecular weight excluding hydrogens is 465 g/mol. The van der Waals surface area contributed by atoms with Crippen molar-refractivity contribution in [1.82, 2.24) is 15.0 Å². The van der Waals surface area contributed by atoms with Crippen LogP contribution in [0.5, 0.6) is 0 Å². The van der Waals surface area contributed by atoms with Gasteiger partial charge in [-0.05, 0) is 37.3 Å². The summed E-state index contributed by atoms with van der Waals surface area (Å²) in [5.41, 5.74) is -0.187. The lowest BCUT2D eigenvalue weighted by Crippen LogP contribution is -2.39. The van der Waals surface area contributed by atoms with Gasteiger partial charge in [-0.2, -0.15) is 0 Å². The molecule has 0 saturated carbocycles. The van der Waals surface area contributed by atoms with Crippen molar-refractivity contribution in [2.45, 2.75) is 12.5 Å². The number of thioether (sulfide) groups is 1. The van der Waals surface area contributed by atoms with E-state index >= 15 is 4.39 Å². The van der Waals surface area contributed by atoms with E-state index in [4.69, 9.17) is 4.99 Å². The van der Waals surface area contributed by atoms with Crippen LogP contribution in [0.2, 0.25) is 0 Å². The van der Waals surface area contributed by atoms with Gasteiger partial charge in [0.05, 0.1) is 30.2 Å². The van der Waals surface area contributed by atoms with Crippen LogP contribution in [0.15, 0.2) is 53.9 Å². The molecule has 0 spiro atoms. The zero-order valence-electron chi connectivity index (χ0n) is 18.0. The summed E-state index contributed by atoms with van der Waals surface area (Å²) in [6.07, 6.45) is 3.15. The molecule has 0 aliphatic carbocycles. The number of aliphatic imine (C=N–C) groups is 1. The van der Waals surface area contributed by atoms with Gasteiger partial charge in [0.1, 0.15) is 22.9 Å². The predicted molar refractivity (Wildman–Crippen MR) is 123 cm³/mol. The highest BCUT2D eigenvalue weighted by Gasteiger charge is 2.51. The lowest BCUT2D eigenvalue weighted by Gasteiger charge is -2.35. The molecule has 4 heterocycles. The summed E-state index contributed by atoms with van der Waals surface area (Å²) in [5.74, 6) is -1.08. The van der Waals surface area contributed by atoms with E-state index in [1.165, 1.54) is 18.2 Å². The quantitative estimate of drug-likeness (QED) is 0.602. The first-order chi connectivity index (χ1) is 16.3. The smallest absolute Gasteiger partial charge is 0.274 e. The Balaban J connectivity index is 1.50. The van der Waals surface area contributed by atoms with Crippen molar-refractivity contribution in [2.24, 2.45) is 10.9 Å². The van der Waals surface area contributed by atoms with Crippen molar-refractivity contribution in [2.75, 3.05) is 29.1 Å². The van der Waals surface area contributed by atoms with E-state index < -0.39 is 28.9 Å². The molecule has 174 valence electrons. The zero-order valence-corrected chi connectivity index (χ0v) is 18.8. The van der Waals surface area contributed by atoms with Gasteiger partial charge in [0, 0.05) is 29.5 Å². The number of aromatic nitrogens is 3. The van der Waals surface area contributed by atoms with Gasteiger partial charge >= 0.3 is 0 Å². The molecule has 1 aromatic carbocycles. The van der Waals surface area contributed by atoms with Gasteiger partial charge < -0.3 is 10.2 Å². The molecule has 2 aromatic heterocycles. The summed E-state index contributed by atoms with van der Waals surface area (Å²) < 4.78 is 41.7. The van der Waals surface area contributed by atoms with Crippen molar-refractivity contribution in [1.29, 1.82) is 0 Å². The standard InChI is InChI=1S/C23H19F3N6OS/c1-13-31-23(12-32(10-14(23)11-34-13)22-28-8-16(25)9-29-22)18-6-17(3-4-19(18)26)30-21(33)20-5-2-15(24)7-27-20/h2-9,14H,10-12H2,1H3,(H,30,33)/t14-,23-/m0/s1. The van der Waals surface area contributed by atoms with E-state index in [2.05, 4.69) is 20.3 Å². The lowest BCUT2D eigenvalue weighted by atomic mass is 9.81. The molecule has 0 bridgehead atoms. The highest BCUT2D eigenvalue weighted by Crippen LogP contribution is 2.47. The highest BCUT2D eigenvalue weighted by molar-refractivity contribution is 8.13. The molecule has 2 aliphatic heterocycles. The Kier molecular flexibility index (Phi) is 5.72. The second kappa shape index (κ2) is 8.71. The number of carbonyl (C=O) groups excluding carboxylic acids is 1. The van der Waals surface area contributed by atoms with Gasteiger partial charge in [-0.3, -0.25) is 9.79 Å². The van der Waals surface area contributed by atoms with E-state index in [-0.39, 0.29) is 11.6 Å². The van der Waals surface area contributed by atoms with Crippen molar-refractivity contribution < 1.29 is 18.0 Å². The van der Waals surface area contributed by atoms with Crippen molar-refractivity contribution in [3.8, 4) is 0 Å². The molecule has 2 aliphatic rings. The van der Waals surface area contributed by atoms with Gasteiger partial charge in [-0.25, -0.2) is 28.1 Å². The number of benzene rings is 1. The Hall–Kier alpha value is -3.47. The molecule has 7 nitrogen and oxygen atoms in total. The molecule has 1 fully saturated rings. The number of nitrogens with one attached hydrogen (secondary N) is 1. The fraction of sp³-hybridized carbons (Fsp3) is 0.261.